The average Bonchev–Trinajstić information content (AvgIpc) is 3.21. The predicted octanol–water partition coefficient (Wildman–Crippen LogP) is 3.84. The van der Waals surface area contributed by atoms with Gasteiger partial charge in [0.05, 0.1) is 12.2 Å². The van der Waals surface area contributed by atoms with Gasteiger partial charge in [0.25, 0.3) is 0 Å². The number of carboxylic acid groups (broad SMARTS) is 1. The number of carboxylic acids is 1. The Morgan fingerprint density at radius 2 is 1.85 bits per heavy atom. The second kappa shape index (κ2) is 10.7. The Kier molecular flexibility index (Phi) is 8.55. The summed E-state index contributed by atoms with van der Waals surface area (Å²) in [7, 11) is 1.74. The van der Waals surface area contributed by atoms with Crippen molar-refractivity contribution in [3.05, 3.63) is 0 Å². The van der Waals surface area contributed by atoms with Crippen LogP contribution in [0.3, 0.4) is 0 Å². The zero-order valence-electron chi connectivity index (χ0n) is 16.2. The van der Waals surface area contributed by atoms with Crippen molar-refractivity contribution in [2.45, 2.75) is 89.8 Å². The summed E-state index contributed by atoms with van der Waals surface area (Å²) in [5.41, 5.74) is 0. The molecule has 2 saturated heterocycles. The molecule has 2 bridgehead atoms. The number of rotatable bonds is 12. The van der Waals surface area contributed by atoms with Crippen LogP contribution in [0.5, 0.6) is 0 Å². The number of hydrogen-bond donors (Lipinski definition) is 1. The Hall–Kier alpha value is -1.43. The summed E-state index contributed by atoms with van der Waals surface area (Å²) < 4.78 is 6.09. The summed E-state index contributed by atoms with van der Waals surface area (Å²) in [4.78, 5) is 22.6. The van der Waals surface area contributed by atoms with E-state index in [4.69, 9.17) is 9.84 Å². The standard InChI is InChI=1S/C20H34N2O4/c1-3-4-10-19(23)22(2)21-14-16-15(17-12-13-18(16)26-17)9-7-5-6-8-11-20(24)25/h14-18H,3-13H2,1-2H3,(H,24,25)/t15-,16-,17+,18-/m1/s1. The second-order valence-corrected chi connectivity index (χ2v) is 7.66. The first-order valence-corrected chi connectivity index (χ1v) is 10.2. The van der Waals surface area contributed by atoms with Gasteiger partial charge in [-0.1, -0.05) is 32.6 Å². The molecule has 148 valence electrons. The third kappa shape index (κ3) is 6.08. The summed E-state index contributed by atoms with van der Waals surface area (Å²) in [5, 5.41) is 14.6. The summed E-state index contributed by atoms with van der Waals surface area (Å²) in [6.45, 7) is 2.08. The fourth-order valence-corrected chi connectivity index (χ4v) is 4.14. The summed E-state index contributed by atoms with van der Waals surface area (Å²) in [5.74, 6) is 0.146. The minimum atomic E-state index is -0.708. The first-order chi connectivity index (χ1) is 12.5. The Morgan fingerprint density at radius 3 is 2.58 bits per heavy atom. The molecule has 4 atom stereocenters. The molecule has 6 heteroatoms. The van der Waals surface area contributed by atoms with Gasteiger partial charge in [-0.25, -0.2) is 5.01 Å². The highest BCUT2D eigenvalue weighted by Crippen LogP contribution is 2.44. The number of ether oxygens (including phenoxy) is 1. The van der Waals surface area contributed by atoms with E-state index in [1.54, 1.807) is 7.05 Å². The number of unbranched alkanes of at least 4 members (excludes halogenated alkanes) is 4. The molecule has 0 aromatic rings. The molecule has 0 radical (unpaired) electrons. The number of fused-ring (bicyclic) bond motifs is 2. The van der Waals surface area contributed by atoms with Gasteiger partial charge in [0.2, 0.25) is 5.91 Å². The minimum Gasteiger partial charge on any atom is -0.481 e. The molecule has 2 aliphatic rings. The molecule has 0 spiro atoms. The molecule has 2 fully saturated rings. The van der Waals surface area contributed by atoms with Gasteiger partial charge >= 0.3 is 5.97 Å². The fraction of sp³-hybridized carbons (Fsp3) is 0.850. The summed E-state index contributed by atoms with van der Waals surface area (Å²) >= 11 is 0. The van der Waals surface area contributed by atoms with E-state index in [2.05, 4.69) is 12.0 Å². The Balaban J connectivity index is 1.77. The lowest BCUT2D eigenvalue weighted by Crippen LogP contribution is -2.30. The van der Waals surface area contributed by atoms with Gasteiger partial charge in [-0.15, -0.1) is 0 Å². The molecule has 26 heavy (non-hydrogen) atoms. The lowest BCUT2D eigenvalue weighted by Gasteiger charge is -2.25. The SMILES string of the molecule is CCCCC(=O)N(C)N=C[C@@H]1[C@@H](CCCCCCC(=O)O)[C@@H]2CC[C@H]1O2. The molecule has 2 rings (SSSR count). The quantitative estimate of drug-likeness (QED) is 0.323. The zero-order chi connectivity index (χ0) is 18.9. The van der Waals surface area contributed by atoms with E-state index >= 15 is 0 Å². The van der Waals surface area contributed by atoms with Crippen LogP contribution in [-0.4, -0.2) is 47.5 Å². The first-order valence-electron chi connectivity index (χ1n) is 10.2. The van der Waals surface area contributed by atoms with Crippen LogP contribution in [0, 0.1) is 11.8 Å². The first kappa shape index (κ1) is 20.9. The minimum absolute atomic E-state index is 0.0714. The third-order valence-electron chi connectivity index (χ3n) is 5.68. The normalized spacial score (nSPS) is 27.3. The van der Waals surface area contributed by atoms with Crippen molar-refractivity contribution in [1.29, 1.82) is 0 Å². The monoisotopic (exact) mass is 366 g/mol. The van der Waals surface area contributed by atoms with Crippen LogP contribution in [0.2, 0.25) is 0 Å². The highest BCUT2D eigenvalue weighted by Gasteiger charge is 2.47. The van der Waals surface area contributed by atoms with Gasteiger partial charge in [0.15, 0.2) is 0 Å². The van der Waals surface area contributed by atoms with Crippen molar-refractivity contribution in [3.63, 3.8) is 0 Å². The van der Waals surface area contributed by atoms with Crippen LogP contribution in [0.15, 0.2) is 5.10 Å². The van der Waals surface area contributed by atoms with E-state index in [-0.39, 0.29) is 18.4 Å². The second-order valence-electron chi connectivity index (χ2n) is 7.66. The van der Waals surface area contributed by atoms with Crippen molar-refractivity contribution in [3.8, 4) is 0 Å². The smallest absolute Gasteiger partial charge is 0.303 e. The van der Waals surface area contributed by atoms with Gasteiger partial charge in [0, 0.05) is 32.0 Å². The molecule has 0 aromatic carbocycles. The van der Waals surface area contributed by atoms with E-state index in [1.807, 2.05) is 6.21 Å². The molecular weight excluding hydrogens is 332 g/mol. The van der Waals surface area contributed by atoms with Crippen molar-refractivity contribution in [2.75, 3.05) is 7.05 Å². The molecule has 0 aliphatic carbocycles. The van der Waals surface area contributed by atoms with E-state index in [1.165, 1.54) is 5.01 Å². The molecule has 0 aromatic heterocycles. The van der Waals surface area contributed by atoms with Crippen LogP contribution in [0.4, 0.5) is 0 Å². The van der Waals surface area contributed by atoms with Gasteiger partial charge < -0.3 is 9.84 Å². The van der Waals surface area contributed by atoms with Crippen molar-refractivity contribution in [2.24, 2.45) is 16.9 Å². The Bertz CT molecular complexity index is 494. The number of nitrogens with zero attached hydrogens (tertiary/aromatic N) is 2. The highest BCUT2D eigenvalue weighted by molar-refractivity contribution is 5.77. The molecule has 1 amide bonds. The lowest BCUT2D eigenvalue weighted by atomic mass is 9.77. The Labute approximate surface area is 157 Å². The van der Waals surface area contributed by atoms with Crippen molar-refractivity contribution in [1.82, 2.24) is 5.01 Å². The molecule has 0 unspecified atom stereocenters. The maximum Gasteiger partial charge on any atom is 0.303 e. The van der Waals surface area contributed by atoms with Gasteiger partial charge in [-0.2, -0.15) is 5.10 Å². The highest BCUT2D eigenvalue weighted by atomic mass is 16.5. The van der Waals surface area contributed by atoms with Gasteiger partial charge in [0.1, 0.15) is 0 Å². The molecule has 2 heterocycles. The van der Waals surface area contributed by atoms with E-state index in [9.17, 15) is 9.59 Å². The summed E-state index contributed by atoms with van der Waals surface area (Å²) in [6, 6.07) is 0. The van der Waals surface area contributed by atoms with Crippen LogP contribution in [0.25, 0.3) is 0 Å². The zero-order valence-corrected chi connectivity index (χ0v) is 16.2. The number of amides is 1. The number of aliphatic carboxylic acids is 1. The molecule has 6 nitrogen and oxygen atoms in total. The van der Waals surface area contributed by atoms with Crippen LogP contribution in [-0.2, 0) is 14.3 Å². The molecule has 2 aliphatic heterocycles. The van der Waals surface area contributed by atoms with Gasteiger partial charge in [-0.05, 0) is 38.0 Å². The van der Waals surface area contributed by atoms with Crippen LogP contribution >= 0.6 is 0 Å². The number of carbonyl (C=O) groups is 2. The largest absolute Gasteiger partial charge is 0.481 e. The Morgan fingerprint density at radius 1 is 1.12 bits per heavy atom. The molecule has 1 N–H and O–H groups in total. The van der Waals surface area contributed by atoms with E-state index in [0.717, 1.165) is 57.8 Å². The number of hydrogen-bond acceptors (Lipinski definition) is 4. The van der Waals surface area contributed by atoms with Crippen molar-refractivity contribution >= 4 is 18.1 Å². The average molecular weight is 367 g/mol. The van der Waals surface area contributed by atoms with Crippen LogP contribution in [0.1, 0.15) is 77.6 Å². The number of hydrazone groups is 1. The molecular formula is C20H34N2O4. The third-order valence-corrected chi connectivity index (χ3v) is 5.68. The number of carbonyl (C=O) groups excluding carboxylic acids is 1. The van der Waals surface area contributed by atoms with Crippen molar-refractivity contribution < 1.29 is 19.4 Å². The van der Waals surface area contributed by atoms with E-state index < -0.39 is 5.97 Å². The van der Waals surface area contributed by atoms with E-state index in [0.29, 0.717) is 24.4 Å². The topological polar surface area (TPSA) is 79.2 Å². The predicted molar refractivity (Wildman–Crippen MR) is 101 cm³/mol. The molecule has 0 saturated carbocycles. The fourth-order valence-electron chi connectivity index (χ4n) is 4.14. The van der Waals surface area contributed by atoms with Crippen LogP contribution < -0.4 is 0 Å². The maximum absolute atomic E-state index is 12.0. The lowest BCUT2D eigenvalue weighted by molar-refractivity contribution is -0.137. The maximum atomic E-state index is 12.0. The van der Waals surface area contributed by atoms with Gasteiger partial charge in [-0.3, -0.25) is 9.59 Å². The summed E-state index contributed by atoms with van der Waals surface area (Å²) in [6.07, 6.45) is 12.5.